The number of rotatable bonds is 4. The first kappa shape index (κ1) is 22.8. The van der Waals surface area contributed by atoms with Gasteiger partial charge in [-0.1, -0.05) is 30.9 Å². The maximum Gasteiger partial charge on any atom is 0.254 e. The first-order chi connectivity index (χ1) is 10.5. The maximum absolute atomic E-state index is 13.6. The van der Waals surface area contributed by atoms with Crippen LogP contribution in [0.25, 0.3) is 0 Å². The third-order valence-corrected chi connectivity index (χ3v) is 3.17. The summed E-state index contributed by atoms with van der Waals surface area (Å²) in [7, 11) is 1.38. The summed E-state index contributed by atoms with van der Waals surface area (Å²) in [5.74, 6) is -1.57. The van der Waals surface area contributed by atoms with Crippen LogP contribution in [0.3, 0.4) is 0 Å². The van der Waals surface area contributed by atoms with E-state index >= 15 is 0 Å². The van der Waals surface area contributed by atoms with Crippen LogP contribution in [0.4, 0.5) is 15.9 Å². The van der Waals surface area contributed by atoms with Gasteiger partial charge >= 0.3 is 0 Å². The van der Waals surface area contributed by atoms with Gasteiger partial charge in [0, 0.05) is 48.3 Å². The van der Waals surface area contributed by atoms with E-state index in [1.165, 1.54) is 13.2 Å². The van der Waals surface area contributed by atoms with Gasteiger partial charge in [0.05, 0.1) is 5.56 Å². The van der Waals surface area contributed by atoms with Crippen molar-refractivity contribution in [3.63, 3.8) is 0 Å². The molecule has 2 aromatic heterocycles. The number of hydrogen-bond acceptors (Lipinski definition) is 4. The number of anilines is 2. The minimum atomic E-state index is -0.859. The molecule has 9 heteroatoms. The molecule has 24 heavy (non-hydrogen) atoms. The van der Waals surface area contributed by atoms with Crippen molar-refractivity contribution < 1.29 is 55.3 Å². The normalized spacial score (nSPS) is 9.33. The molecular formula is C15H14ClFN4O2Pr-2. The maximum atomic E-state index is 13.6. The Morgan fingerprint density at radius 1 is 1.50 bits per heavy atom. The van der Waals surface area contributed by atoms with Crippen molar-refractivity contribution in [1.82, 2.24) is 15.3 Å². The Morgan fingerprint density at radius 3 is 2.71 bits per heavy atom. The van der Waals surface area contributed by atoms with E-state index in [9.17, 15) is 14.0 Å². The molecule has 0 aliphatic rings. The number of amides is 2. The fraction of sp³-hybridized carbons (Fsp3) is 0.133. The first-order valence-corrected chi connectivity index (χ1v) is 6.53. The second-order valence-corrected chi connectivity index (χ2v) is 4.63. The van der Waals surface area contributed by atoms with Gasteiger partial charge in [-0.15, -0.1) is 5.56 Å². The summed E-state index contributed by atoms with van der Waals surface area (Å²) in [5, 5.41) is 1.91. The van der Waals surface area contributed by atoms with Crippen LogP contribution in [0.5, 0.6) is 0 Å². The summed E-state index contributed by atoms with van der Waals surface area (Å²) >= 11 is 5.68. The largest absolute Gasteiger partial charge is 0.392 e. The fourth-order valence-corrected chi connectivity index (χ4v) is 1.94. The van der Waals surface area contributed by atoms with Crippen LogP contribution in [0, 0.1) is 67.7 Å². The molecule has 6 nitrogen and oxygen atoms in total. The van der Waals surface area contributed by atoms with E-state index in [-0.39, 0.29) is 65.8 Å². The summed E-state index contributed by atoms with van der Waals surface area (Å²) in [6.07, 6.45) is 4.58. The third kappa shape index (κ3) is 4.68. The molecule has 0 aromatic carbocycles. The Hall–Kier alpha value is -1.18. The number of halogens is 2. The zero-order chi connectivity index (χ0) is 16.3. The van der Waals surface area contributed by atoms with Gasteiger partial charge in [-0.3, -0.25) is 14.5 Å². The molecule has 0 unspecified atom stereocenters. The molecule has 0 atom stereocenters. The molecule has 0 bridgehead atoms. The van der Waals surface area contributed by atoms with Gasteiger partial charge in [0.25, 0.3) is 5.91 Å². The van der Waals surface area contributed by atoms with Crippen molar-refractivity contribution in [3.05, 3.63) is 54.1 Å². The molecule has 0 aliphatic heterocycles. The molecule has 1 radical (unpaired) electrons. The van der Waals surface area contributed by atoms with E-state index in [2.05, 4.69) is 21.5 Å². The van der Waals surface area contributed by atoms with Crippen molar-refractivity contribution in [2.45, 2.75) is 6.92 Å². The Morgan fingerprint density at radius 2 is 2.17 bits per heavy atom. The molecule has 0 saturated heterocycles. The van der Waals surface area contributed by atoms with E-state index < -0.39 is 16.9 Å². The third-order valence-electron chi connectivity index (χ3n) is 2.90. The standard InChI is InChI=1S/C14H11ClFN4O2.CH3.Pr/c1-8-3-4-18-6-11(8)20(7-21)13-9(14(22)17-2)5-10(16)12(15)19-13;;/h3-5,7H,1-2H3,(H,17,22);1H3;/q2*-1;. The van der Waals surface area contributed by atoms with Gasteiger partial charge in [0.2, 0.25) is 6.41 Å². The Bertz CT molecular complexity index is 745. The van der Waals surface area contributed by atoms with Gasteiger partial charge in [0.1, 0.15) is 0 Å². The van der Waals surface area contributed by atoms with Crippen molar-refractivity contribution in [1.29, 1.82) is 0 Å². The molecule has 1 N–H and O–H groups in total. The number of pyridine rings is 2. The number of carbonyl (C=O) groups excluding carboxylic acids is 2. The van der Waals surface area contributed by atoms with E-state index in [1.54, 1.807) is 13.0 Å². The van der Waals surface area contributed by atoms with Gasteiger partial charge in [-0.2, -0.15) is 6.07 Å². The van der Waals surface area contributed by atoms with E-state index in [1.807, 2.05) is 0 Å². The average molecular weight is 478 g/mol. The minimum Gasteiger partial charge on any atom is -0.392 e. The molecule has 0 aliphatic carbocycles. The number of nitrogens with zero attached hydrogens (tertiary/aromatic N) is 3. The number of carbonyl (C=O) groups is 2. The molecule has 0 saturated carbocycles. The Labute approximate surface area is 177 Å². The summed E-state index contributed by atoms with van der Waals surface area (Å²) in [4.78, 5) is 32.1. The van der Waals surface area contributed by atoms with E-state index in [4.69, 9.17) is 11.6 Å². The van der Waals surface area contributed by atoms with Crippen LogP contribution in [0.1, 0.15) is 15.9 Å². The van der Waals surface area contributed by atoms with Gasteiger partial charge in [-0.05, 0) is 11.8 Å². The quantitative estimate of drug-likeness (QED) is 0.417. The van der Waals surface area contributed by atoms with Gasteiger partial charge < -0.3 is 17.7 Å². The number of hydrogen-bond donors (Lipinski definition) is 1. The Balaban J connectivity index is 0.00000264. The molecule has 0 fully saturated rings. The smallest absolute Gasteiger partial charge is 0.254 e. The van der Waals surface area contributed by atoms with Gasteiger partial charge in [-0.25, -0.2) is 9.37 Å². The van der Waals surface area contributed by atoms with Crippen molar-refractivity contribution in [2.75, 3.05) is 11.9 Å². The molecule has 125 valence electrons. The monoisotopic (exact) mass is 477 g/mol. The van der Waals surface area contributed by atoms with Crippen molar-refractivity contribution in [3.8, 4) is 0 Å². The van der Waals surface area contributed by atoms with Crippen LogP contribution < -0.4 is 10.2 Å². The predicted octanol–water partition coefficient (Wildman–Crippen LogP) is 2.48. The topological polar surface area (TPSA) is 75.2 Å². The number of aromatic nitrogens is 2. The molecule has 2 rings (SSSR count). The van der Waals surface area contributed by atoms with Crippen molar-refractivity contribution in [2.24, 2.45) is 0 Å². The summed E-state index contributed by atoms with van der Waals surface area (Å²) < 4.78 is 13.6. The van der Waals surface area contributed by atoms with Crippen LogP contribution >= 0.6 is 11.6 Å². The second-order valence-electron chi connectivity index (χ2n) is 4.27. The molecule has 2 aromatic rings. The van der Waals surface area contributed by atoms with Crippen LogP contribution in [0.15, 0.2) is 18.3 Å². The molecule has 2 heterocycles. The Kier molecular flexibility index (Phi) is 9.47. The zero-order valence-electron chi connectivity index (χ0n) is 13.3. The SMILES string of the molecule is CNC(=O)c1cc(F)c(Cl)nc1N(C=O)c1[c-]nccc1C.[CH3-].[Pr]. The number of nitrogens with one attached hydrogen (secondary N) is 1. The fourth-order valence-electron chi connectivity index (χ4n) is 1.81. The van der Waals surface area contributed by atoms with Crippen LogP contribution in [0.2, 0.25) is 5.15 Å². The van der Waals surface area contributed by atoms with E-state index in [0.29, 0.717) is 12.0 Å². The molecule has 2 amide bonds. The summed E-state index contributed by atoms with van der Waals surface area (Å²) in [6.45, 7) is 1.73. The second kappa shape index (κ2) is 9.96. The van der Waals surface area contributed by atoms with Crippen molar-refractivity contribution >= 4 is 35.4 Å². The van der Waals surface area contributed by atoms with Crippen LogP contribution in [-0.2, 0) is 4.79 Å². The predicted molar refractivity (Wildman–Crippen MR) is 85.0 cm³/mol. The zero-order valence-corrected chi connectivity index (χ0v) is 17.8. The summed E-state index contributed by atoms with van der Waals surface area (Å²) in [6, 6.07) is 2.58. The molecular weight excluding hydrogens is 464 g/mol. The van der Waals surface area contributed by atoms with Crippen LogP contribution in [-0.4, -0.2) is 29.3 Å². The van der Waals surface area contributed by atoms with E-state index in [0.717, 1.165) is 11.0 Å². The first-order valence-electron chi connectivity index (χ1n) is 6.15. The molecule has 0 spiro atoms. The number of aryl methyl sites for hydroxylation is 1. The average Bonchev–Trinajstić information content (AvgIpc) is 2.52. The van der Waals surface area contributed by atoms with Gasteiger partial charge in [0.15, 0.2) is 16.8 Å². The summed E-state index contributed by atoms with van der Waals surface area (Å²) in [5.41, 5.74) is 0.832. The minimum absolute atomic E-state index is 0.